The molecule has 1 fully saturated rings. The fraction of sp³-hybridized carbons (Fsp3) is 0.450. The highest BCUT2D eigenvalue weighted by atomic mass is 16.2. The highest BCUT2D eigenvalue weighted by Gasteiger charge is 2.25. The Morgan fingerprint density at radius 2 is 1.92 bits per heavy atom. The summed E-state index contributed by atoms with van der Waals surface area (Å²) in [6.07, 6.45) is 2.22. The Labute approximate surface area is 154 Å². The second-order valence-electron chi connectivity index (χ2n) is 6.52. The maximum absolute atomic E-state index is 13.2. The van der Waals surface area contributed by atoms with Crippen LogP contribution in [0.5, 0.6) is 0 Å². The minimum atomic E-state index is -0.140. The molecule has 1 aliphatic heterocycles. The highest BCUT2D eigenvalue weighted by Crippen LogP contribution is 2.27. The number of hydrogen-bond acceptors (Lipinski definition) is 4. The number of rotatable bonds is 6. The van der Waals surface area contributed by atoms with E-state index >= 15 is 0 Å². The first-order valence-electron chi connectivity index (χ1n) is 9.34. The average molecular weight is 354 g/mol. The van der Waals surface area contributed by atoms with Crippen molar-refractivity contribution in [1.29, 1.82) is 0 Å². The third-order valence-corrected chi connectivity index (χ3v) is 4.72. The number of aromatic nitrogens is 1. The van der Waals surface area contributed by atoms with Gasteiger partial charge in [-0.3, -0.25) is 9.59 Å². The molecule has 0 unspecified atom stereocenters. The Balaban J connectivity index is 1.99. The second kappa shape index (κ2) is 8.17. The van der Waals surface area contributed by atoms with Crippen LogP contribution in [0.15, 0.2) is 30.3 Å². The van der Waals surface area contributed by atoms with Gasteiger partial charge < -0.3 is 15.1 Å². The minimum Gasteiger partial charge on any atom is -0.356 e. The number of carbonyl (C=O) groups is 2. The molecular formula is C20H26N4O2. The number of hydrogen-bond donors (Lipinski definition) is 1. The minimum absolute atomic E-state index is 0.0649. The van der Waals surface area contributed by atoms with Crippen LogP contribution < -0.4 is 10.2 Å². The van der Waals surface area contributed by atoms with Gasteiger partial charge in [0.05, 0.1) is 17.6 Å². The van der Waals surface area contributed by atoms with Gasteiger partial charge in [0.2, 0.25) is 5.91 Å². The Morgan fingerprint density at radius 3 is 2.62 bits per heavy atom. The molecule has 3 rings (SSSR count). The third kappa shape index (κ3) is 3.79. The number of nitrogens with zero attached hydrogens (tertiary/aromatic N) is 3. The monoisotopic (exact) mass is 354 g/mol. The first-order valence-corrected chi connectivity index (χ1v) is 9.34. The summed E-state index contributed by atoms with van der Waals surface area (Å²) in [6.45, 7) is 6.68. The first-order chi connectivity index (χ1) is 12.6. The standard InChI is InChI=1S/C20H26N4O2/c1-3-21-18(25)14-23(4-2)20(26)16-13-15-9-5-6-10-17(15)22-19(16)24-11-7-8-12-24/h5-6,9-10,13H,3-4,7-8,11-12,14H2,1-2H3,(H,21,25). The van der Waals surface area contributed by atoms with Crippen molar-refractivity contribution in [2.45, 2.75) is 26.7 Å². The van der Waals surface area contributed by atoms with E-state index in [1.165, 1.54) is 0 Å². The van der Waals surface area contributed by atoms with Gasteiger partial charge in [-0.05, 0) is 38.8 Å². The molecule has 26 heavy (non-hydrogen) atoms. The van der Waals surface area contributed by atoms with Crippen LogP contribution in [0.2, 0.25) is 0 Å². The van der Waals surface area contributed by atoms with E-state index in [9.17, 15) is 9.59 Å². The van der Waals surface area contributed by atoms with E-state index in [2.05, 4.69) is 10.2 Å². The summed E-state index contributed by atoms with van der Waals surface area (Å²) in [6, 6.07) is 9.75. The molecule has 1 saturated heterocycles. The summed E-state index contributed by atoms with van der Waals surface area (Å²) in [4.78, 5) is 33.7. The Kier molecular flexibility index (Phi) is 5.71. The summed E-state index contributed by atoms with van der Waals surface area (Å²) in [7, 11) is 0. The molecule has 6 heteroatoms. The number of para-hydroxylation sites is 1. The molecule has 0 saturated carbocycles. The Bertz CT molecular complexity index is 799. The van der Waals surface area contributed by atoms with Crippen molar-refractivity contribution < 1.29 is 9.59 Å². The molecule has 6 nitrogen and oxygen atoms in total. The van der Waals surface area contributed by atoms with Gasteiger partial charge in [-0.15, -0.1) is 0 Å². The van der Waals surface area contributed by atoms with E-state index in [-0.39, 0.29) is 18.4 Å². The van der Waals surface area contributed by atoms with Crippen molar-refractivity contribution >= 4 is 28.5 Å². The molecule has 0 radical (unpaired) electrons. The number of carbonyl (C=O) groups excluding carboxylic acids is 2. The lowest BCUT2D eigenvalue weighted by molar-refractivity contribution is -0.121. The normalized spacial score (nSPS) is 13.8. The van der Waals surface area contributed by atoms with Gasteiger partial charge in [0.1, 0.15) is 5.82 Å². The number of fused-ring (bicyclic) bond motifs is 1. The van der Waals surface area contributed by atoms with E-state index in [0.29, 0.717) is 18.7 Å². The van der Waals surface area contributed by atoms with Gasteiger partial charge in [-0.1, -0.05) is 18.2 Å². The SMILES string of the molecule is CCNC(=O)CN(CC)C(=O)c1cc2ccccc2nc1N1CCCC1. The maximum Gasteiger partial charge on any atom is 0.258 e. The van der Waals surface area contributed by atoms with Gasteiger partial charge in [-0.25, -0.2) is 4.98 Å². The van der Waals surface area contributed by atoms with Crippen LogP contribution in [-0.2, 0) is 4.79 Å². The van der Waals surface area contributed by atoms with Gasteiger partial charge in [-0.2, -0.15) is 0 Å². The zero-order valence-corrected chi connectivity index (χ0v) is 15.5. The van der Waals surface area contributed by atoms with Crippen LogP contribution in [0.3, 0.4) is 0 Å². The quantitative estimate of drug-likeness (QED) is 0.865. The van der Waals surface area contributed by atoms with E-state index in [4.69, 9.17) is 4.98 Å². The van der Waals surface area contributed by atoms with Crippen molar-refractivity contribution in [2.75, 3.05) is 37.6 Å². The van der Waals surface area contributed by atoms with Crippen molar-refractivity contribution in [3.63, 3.8) is 0 Å². The van der Waals surface area contributed by atoms with E-state index in [1.54, 1.807) is 4.90 Å². The molecule has 1 aromatic carbocycles. The molecule has 1 aliphatic rings. The average Bonchev–Trinajstić information content (AvgIpc) is 3.19. The summed E-state index contributed by atoms with van der Waals surface area (Å²) in [5, 5.41) is 3.69. The molecule has 138 valence electrons. The molecule has 2 aromatic rings. The Morgan fingerprint density at radius 1 is 1.19 bits per heavy atom. The number of benzene rings is 1. The summed E-state index contributed by atoms with van der Waals surface area (Å²) in [5.41, 5.74) is 1.47. The number of likely N-dealkylation sites (N-methyl/N-ethyl adjacent to an activating group) is 2. The largest absolute Gasteiger partial charge is 0.356 e. The molecule has 0 spiro atoms. The Hall–Kier alpha value is -2.63. The third-order valence-electron chi connectivity index (χ3n) is 4.72. The molecule has 1 aromatic heterocycles. The zero-order valence-electron chi connectivity index (χ0n) is 15.5. The van der Waals surface area contributed by atoms with Crippen molar-refractivity contribution in [2.24, 2.45) is 0 Å². The van der Waals surface area contributed by atoms with Crippen LogP contribution in [0.25, 0.3) is 10.9 Å². The summed E-state index contributed by atoms with van der Waals surface area (Å²) >= 11 is 0. The van der Waals surface area contributed by atoms with Crippen molar-refractivity contribution in [1.82, 2.24) is 15.2 Å². The van der Waals surface area contributed by atoms with Crippen molar-refractivity contribution in [3.8, 4) is 0 Å². The first kappa shape index (κ1) is 18.2. The van der Waals surface area contributed by atoms with E-state index < -0.39 is 0 Å². The highest BCUT2D eigenvalue weighted by molar-refractivity contribution is 6.03. The van der Waals surface area contributed by atoms with Crippen LogP contribution in [0.1, 0.15) is 37.0 Å². The van der Waals surface area contributed by atoms with Gasteiger partial charge >= 0.3 is 0 Å². The molecular weight excluding hydrogens is 328 g/mol. The molecule has 1 N–H and O–H groups in total. The van der Waals surface area contributed by atoms with Crippen molar-refractivity contribution in [3.05, 3.63) is 35.9 Å². The summed E-state index contributed by atoms with van der Waals surface area (Å²) in [5.74, 6) is 0.457. The van der Waals surface area contributed by atoms with Crippen LogP contribution in [0, 0.1) is 0 Å². The van der Waals surface area contributed by atoms with Gasteiger partial charge in [0, 0.05) is 31.6 Å². The maximum atomic E-state index is 13.2. The van der Waals surface area contributed by atoms with Gasteiger partial charge in [0.25, 0.3) is 5.91 Å². The summed E-state index contributed by atoms with van der Waals surface area (Å²) < 4.78 is 0. The lowest BCUT2D eigenvalue weighted by Gasteiger charge is -2.25. The molecule has 0 bridgehead atoms. The number of pyridine rings is 1. The van der Waals surface area contributed by atoms with Crippen LogP contribution >= 0.6 is 0 Å². The number of anilines is 1. The van der Waals surface area contributed by atoms with Crippen LogP contribution in [0.4, 0.5) is 5.82 Å². The molecule has 2 amide bonds. The van der Waals surface area contributed by atoms with E-state index in [0.717, 1.165) is 42.7 Å². The van der Waals surface area contributed by atoms with Gasteiger partial charge in [0.15, 0.2) is 0 Å². The number of amides is 2. The topological polar surface area (TPSA) is 65.5 Å². The number of nitrogens with one attached hydrogen (secondary N) is 1. The fourth-order valence-electron chi connectivity index (χ4n) is 3.36. The molecule has 2 heterocycles. The van der Waals surface area contributed by atoms with E-state index in [1.807, 2.05) is 44.2 Å². The zero-order chi connectivity index (χ0) is 18.5. The second-order valence-corrected chi connectivity index (χ2v) is 6.52. The smallest absolute Gasteiger partial charge is 0.258 e. The lowest BCUT2D eigenvalue weighted by atomic mass is 10.1. The van der Waals surface area contributed by atoms with Crippen LogP contribution in [-0.4, -0.2) is 54.4 Å². The predicted molar refractivity (Wildman–Crippen MR) is 103 cm³/mol. The molecule has 0 atom stereocenters. The predicted octanol–water partition coefficient (Wildman–Crippen LogP) is 2.43. The fourth-order valence-corrected chi connectivity index (χ4v) is 3.36. The lowest BCUT2D eigenvalue weighted by Crippen LogP contribution is -2.41. The molecule has 0 aliphatic carbocycles.